The summed E-state index contributed by atoms with van der Waals surface area (Å²) in [5.41, 5.74) is 0. The maximum atomic E-state index is 8.48. The molecule has 91 valence electrons. The fourth-order valence-corrected chi connectivity index (χ4v) is 0.490. The first-order valence-electron chi connectivity index (χ1n) is 4.18. The van der Waals surface area contributed by atoms with E-state index in [0.29, 0.717) is 0 Å². The van der Waals surface area contributed by atoms with Crippen LogP contribution < -0.4 is 0 Å². The second-order valence-electron chi connectivity index (χ2n) is 2.58. The molecule has 6 nitrogen and oxygen atoms in total. The maximum absolute atomic E-state index is 8.48. The van der Waals surface area contributed by atoms with Gasteiger partial charge in [-0.1, -0.05) is 0 Å². The van der Waals surface area contributed by atoms with Crippen LogP contribution in [0.3, 0.4) is 0 Å². The summed E-state index contributed by atoms with van der Waals surface area (Å²) in [5.74, 6) is 0. The van der Waals surface area contributed by atoms with Gasteiger partial charge in [0.2, 0.25) is 0 Å². The molecule has 0 aliphatic rings. The van der Waals surface area contributed by atoms with E-state index in [2.05, 4.69) is 9.47 Å². The van der Waals surface area contributed by atoms with Crippen molar-refractivity contribution >= 4 is 0 Å². The van der Waals surface area contributed by atoms with E-state index in [4.69, 9.17) is 20.4 Å². The molecule has 0 bridgehead atoms. The first-order valence-corrected chi connectivity index (χ1v) is 4.18. The Morgan fingerprint density at radius 1 is 0.867 bits per heavy atom. The molecule has 15 heavy (non-hydrogen) atoms. The van der Waals surface area contributed by atoms with Crippen molar-refractivity contribution in [3.8, 4) is 0 Å². The van der Waals surface area contributed by atoms with Crippen molar-refractivity contribution in [2.24, 2.45) is 0 Å². The zero-order chi connectivity index (χ0) is 11.4. The summed E-state index contributed by atoms with van der Waals surface area (Å²) < 4.78 is 8.97. The van der Waals surface area contributed by atoms with E-state index in [1.807, 2.05) is 0 Å². The van der Waals surface area contributed by atoms with Crippen molar-refractivity contribution < 1.29 is 62.6 Å². The third-order valence-corrected chi connectivity index (χ3v) is 1.14. The number of rotatable bonds is 6. The van der Waals surface area contributed by atoms with Crippen LogP contribution in [0.1, 0.15) is 0 Å². The van der Waals surface area contributed by atoms with Crippen molar-refractivity contribution in [3.63, 3.8) is 0 Å². The van der Waals surface area contributed by atoms with Gasteiger partial charge in [0.25, 0.3) is 0 Å². The molecule has 2 atom stereocenters. The number of aliphatic hydroxyl groups is 4. The molecule has 0 rings (SSSR count). The molecule has 0 saturated heterocycles. The van der Waals surface area contributed by atoms with Gasteiger partial charge in [0.05, 0.1) is 26.4 Å². The molecule has 2 unspecified atom stereocenters. The van der Waals surface area contributed by atoms with Gasteiger partial charge in [0, 0.05) is 46.9 Å². The third-order valence-electron chi connectivity index (χ3n) is 1.14. The van der Waals surface area contributed by atoms with Crippen LogP contribution in [-0.2, 0) is 42.2 Å². The zero-order valence-electron chi connectivity index (χ0n) is 9.17. The van der Waals surface area contributed by atoms with Crippen LogP contribution >= 0.6 is 0 Å². The molecule has 0 aromatic rings. The molecule has 0 heterocycles. The maximum Gasteiger partial charge on any atom is 0.100 e. The topological polar surface area (TPSA) is 99.4 Å². The first-order chi connectivity index (χ1) is 6.62. The van der Waals surface area contributed by atoms with Gasteiger partial charge in [-0.25, -0.2) is 0 Å². The summed E-state index contributed by atoms with van der Waals surface area (Å²) in [6, 6.07) is 0. The molecular weight excluding hydrogens is 281 g/mol. The molecule has 0 aromatic carbocycles. The molecule has 0 amide bonds. The minimum atomic E-state index is -0.718. The summed E-state index contributed by atoms with van der Waals surface area (Å²) in [6.07, 6.45) is -1.44. The molecule has 7 heteroatoms. The fourth-order valence-electron chi connectivity index (χ4n) is 0.490. The Labute approximate surface area is 115 Å². The Bertz CT molecular complexity index is 93.1. The van der Waals surface area contributed by atoms with E-state index in [0.717, 1.165) is 0 Å². The van der Waals surface area contributed by atoms with E-state index in [1.165, 1.54) is 14.2 Å². The minimum absolute atomic E-state index is 0. The monoisotopic (exact) mass is 301 g/mol. The normalized spacial score (nSPS) is 13.2. The standard InChI is InChI=1S/2C4H10O3.Y/c2*1-7-3-4(6)2-5;/h2*4-6H,2-3H2,1H3;. The Kier molecular flexibility index (Phi) is 24.4. The van der Waals surface area contributed by atoms with Crippen molar-refractivity contribution in [3.05, 3.63) is 0 Å². The molecule has 0 aromatic heterocycles. The van der Waals surface area contributed by atoms with Gasteiger partial charge in [-0.2, -0.15) is 0 Å². The van der Waals surface area contributed by atoms with Crippen LogP contribution in [0.2, 0.25) is 0 Å². The summed E-state index contributed by atoms with van der Waals surface area (Å²) in [6.45, 7) is -0.0469. The predicted octanol–water partition coefficient (Wildman–Crippen LogP) is -2.03. The fraction of sp³-hybridized carbons (Fsp3) is 1.00. The molecule has 0 saturated carbocycles. The number of hydrogen-bond acceptors (Lipinski definition) is 6. The van der Waals surface area contributed by atoms with Crippen LogP contribution in [-0.4, -0.2) is 73.3 Å². The van der Waals surface area contributed by atoms with E-state index in [-0.39, 0.29) is 59.1 Å². The summed E-state index contributed by atoms with van der Waals surface area (Å²) in [4.78, 5) is 0. The van der Waals surface area contributed by atoms with Crippen molar-refractivity contribution in [1.82, 2.24) is 0 Å². The van der Waals surface area contributed by atoms with Crippen LogP contribution in [0.4, 0.5) is 0 Å². The van der Waals surface area contributed by atoms with Gasteiger partial charge in [0.15, 0.2) is 0 Å². The van der Waals surface area contributed by atoms with Crippen LogP contribution in [0.15, 0.2) is 0 Å². The Balaban J connectivity index is -0.000000180. The van der Waals surface area contributed by atoms with E-state index in [9.17, 15) is 0 Å². The largest absolute Gasteiger partial charge is 0.394 e. The van der Waals surface area contributed by atoms with Crippen LogP contribution in [0.5, 0.6) is 0 Å². The minimum Gasteiger partial charge on any atom is -0.394 e. The molecule has 0 fully saturated rings. The molecule has 0 aliphatic heterocycles. The first kappa shape index (κ1) is 21.2. The zero-order valence-corrected chi connectivity index (χ0v) is 12.0. The summed E-state index contributed by atoms with van der Waals surface area (Å²) >= 11 is 0. The van der Waals surface area contributed by atoms with Gasteiger partial charge in [0.1, 0.15) is 12.2 Å². The molecule has 0 aliphatic carbocycles. The molecule has 4 N–H and O–H groups in total. The Morgan fingerprint density at radius 2 is 1.13 bits per heavy atom. The van der Waals surface area contributed by atoms with Crippen LogP contribution in [0, 0.1) is 0 Å². The van der Waals surface area contributed by atoms with Gasteiger partial charge >= 0.3 is 0 Å². The van der Waals surface area contributed by atoms with Gasteiger partial charge in [-0.05, 0) is 0 Å². The number of hydrogen-bond donors (Lipinski definition) is 4. The average Bonchev–Trinajstić information content (AvgIpc) is 2.19. The second kappa shape index (κ2) is 17.3. The van der Waals surface area contributed by atoms with E-state index >= 15 is 0 Å². The van der Waals surface area contributed by atoms with Gasteiger partial charge in [-0.15, -0.1) is 0 Å². The Morgan fingerprint density at radius 3 is 1.20 bits per heavy atom. The van der Waals surface area contributed by atoms with Crippen molar-refractivity contribution in [2.75, 3.05) is 40.6 Å². The predicted molar refractivity (Wildman–Crippen MR) is 49.9 cm³/mol. The van der Waals surface area contributed by atoms with Crippen molar-refractivity contribution in [2.45, 2.75) is 12.2 Å². The van der Waals surface area contributed by atoms with E-state index < -0.39 is 12.2 Å². The molecular formula is C8H20O6Y. The van der Waals surface area contributed by atoms with Gasteiger partial charge < -0.3 is 29.9 Å². The SMILES string of the molecule is COCC(O)CO.COCC(O)CO.[Y]. The second-order valence-corrected chi connectivity index (χ2v) is 2.58. The van der Waals surface area contributed by atoms with Crippen molar-refractivity contribution in [1.29, 1.82) is 0 Å². The molecule has 0 spiro atoms. The Hall–Kier alpha value is 0.864. The number of methoxy groups -OCH3 is 2. The summed E-state index contributed by atoms with van der Waals surface area (Å²) in [5, 5.41) is 33.2. The molecule has 1 radical (unpaired) electrons. The quantitative estimate of drug-likeness (QED) is 0.451. The average molecular weight is 301 g/mol. The smallest absolute Gasteiger partial charge is 0.100 e. The number of aliphatic hydroxyl groups excluding tert-OH is 4. The summed E-state index contributed by atoms with van der Waals surface area (Å²) in [7, 11) is 2.94. The van der Waals surface area contributed by atoms with E-state index in [1.54, 1.807) is 0 Å². The van der Waals surface area contributed by atoms with Gasteiger partial charge in [-0.3, -0.25) is 0 Å². The third kappa shape index (κ3) is 20.8. The van der Waals surface area contributed by atoms with Crippen LogP contribution in [0.25, 0.3) is 0 Å². The number of ether oxygens (including phenoxy) is 2.